The fourth-order valence-electron chi connectivity index (χ4n) is 3.98. The maximum absolute atomic E-state index is 11.9. The number of aromatic nitrogens is 1. The molecule has 1 fully saturated rings. The van der Waals surface area contributed by atoms with Gasteiger partial charge in [0.2, 0.25) is 0 Å². The van der Waals surface area contributed by atoms with Crippen molar-refractivity contribution < 1.29 is 5.11 Å². The molecule has 1 aromatic rings. The molecule has 2 N–H and O–H groups in total. The zero-order valence-electron chi connectivity index (χ0n) is 17.5. The number of hydrogen-bond donors (Lipinski definition) is 2. The topological polar surface area (TPSA) is 56.3 Å². The van der Waals surface area contributed by atoms with Gasteiger partial charge in [-0.25, -0.2) is 0 Å². The van der Waals surface area contributed by atoms with Crippen LogP contribution in [0.2, 0.25) is 0 Å². The van der Waals surface area contributed by atoms with Crippen LogP contribution in [0.25, 0.3) is 0 Å². The fraction of sp³-hybridized carbons (Fsp3) is 0.542. The van der Waals surface area contributed by atoms with E-state index in [9.17, 15) is 9.90 Å². The molecule has 3 rings (SSSR count). The van der Waals surface area contributed by atoms with Gasteiger partial charge >= 0.3 is 0 Å². The molecule has 28 heavy (non-hydrogen) atoms. The molecule has 1 saturated heterocycles. The van der Waals surface area contributed by atoms with E-state index in [2.05, 4.69) is 40.3 Å². The summed E-state index contributed by atoms with van der Waals surface area (Å²) in [4.78, 5) is 17.0. The second-order valence-corrected chi connectivity index (χ2v) is 7.62. The second kappa shape index (κ2) is 11.8. The SMILES string of the molecule is CC.O=c1[nH]cccc1CN1CCCC(CO)(CCC2=CC=CCC=C2)CC1. The van der Waals surface area contributed by atoms with Crippen LogP contribution in [0.5, 0.6) is 0 Å². The van der Waals surface area contributed by atoms with Crippen molar-refractivity contribution in [2.75, 3.05) is 19.7 Å². The number of pyridine rings is 1. The fourth-order valence-corrected chi connectivity index (χ4v) is 3.98. The molecule has 1 unspecified atom stereocenters. The molecule has 0 spiro atoms. The Labute approximate surface area is 169 Å². The van der Waals surface area contributed by atoms with Gasteiger partial charge in [-0.05, 0) is 68.7 Å². The molecule has 2 heterocycles. The van der Waals surface area contributed by atoms with E-state index in [0.29, 0.717) is 6.54 Å². The normalized spacial score (nSPS) is 22.6. The molecule has 0 bridgehead atoms. The van der Waals surface area contributed by atoms with Crippen LogP contribution >= 0.6 is 0 Å². The van der Waals surface area contributed by atoms with Crippen molar-refractivity contribution in [3.8, 4) is 0 Å². The van der Waals surface area contributed by atoms with Crippen molar-refractivity contribution in [3.63, 3.8) is 0 Å². The predicted octanol–water partition coefficient (Wildman–Crippen LogP) is 4.59. The summed E-state index contributed by atoms with van der Waals surface area (Å²) in [6.45, 7) is 6.86. The Kier molecular flexibility index (Phi) is 9.45. The number of rotatable bonds is 6. The van der Waals surface area contributed by atoms with Gasteiger partial charge in [-0.1, -0.05) is 50.3 Å². The Morgan fingerprint density at radius 1 is 1.21 bits per heavy atom. The number of nitrogens with zero attached hydrogens (tertiary/aromatic N) is 1. The first-order chi connectivity index (χ1) is 13.7. The summed E-state index contributed by atoms with van der Waals surface area (Å²) in [5.41, 5.74) is 2.18. The van der Waals surface area contributed by atoms with Gasteiger partial charge in [0.05, 0.1) is 0 Å². The van der Waals surface area contributed by atoms with Crippen molar-refractivity contribution in [3.05, 3.63) is 70.2 Å². The summed E-state index contributed by atoms with van der Waals surface area (Å²) in [6.07, 6.45) is 18.7. The molecule has 0 amide bonds. The summed E-state index contributed by atoms with van der Waals surface area (Å²) in [5.74, 6) is 0. The van der Waals surface area contributed by atoms with E-state index in [1.54, 1.807) is 6.20 Å². The van der Waals surface area contributed by atoms with Gasteiger partial charge in [0, 0.05) is 24.9 Å². The zero-order valence-corrected chi connectivity index (χ0v) is 17.5. The highest BCUT2D eigenvalue weighted by atomic mass is 16.3. The molecule has 1 aliphatic carbocycles. The third-order valence-electron chi connectivity index (χ3n) is 5.76. The average molecular weight is 385 g/mol. The molecule has 1 atom stereocenters. The van der Waals surface area contributed by atoms with E-state index in [0.717, 1.165) is 57.2 Å². The molecule has 1 aliphatic heterocycles. The Morgan fingerprint density at radius 2 is 2.07 bits per heavy atom. The third kappa shape index (κ3) is 6.61. The summed E-state index contributed by atoms with van der Waals surface area (Å²) >= 11 is 0. The number of hydrogen-bond acceptors (Lipinski definition) is 3. The standard InChI is InChI=1S/C22H30N2O2.C2H6/c25-18-22(12-10-19-7-3-1-2-4-8-19)11-6-15-24(16-13-22)17-20-9-5-14-23-21(20)26;1-2/h1,3-5,7-9,14,25H,2,6,10-13,15-18H2,(H,23,26);1-2H3. The van der Waals surface area contributed by atoms with Crippen LogP contribution in [0.3, 0.4) is 0 Å². The number of H-pyrrole nitrogens is 1. The lowest BCUT2D eigenvalue weighted by atomic mass is 9.76. The van der Waals surface area contributed by atoms with Gasteiger partial charge in [0.15, 0.2) is 0 Å². The monoisotopic (exact) mass is 384 g/mol. The summed E-state index contributed by atoms with van der Waals surface area (Å²) in [6, 6.07) is 3.79. The second-order valence-electron chi connectivity index (χ2n) is 7.62. The molecule has 0 saturated carbocycles. The molecule has 4 heteroatoms. The van der Waals surface area contributed by atoms with Gasteiger partial charge in [-0.15, -0.1) is 0 Å². The van der Waals surface area contributed by atoms with E-state index >= 15 is 0 Å². The van der Waals surface area contributed by atoms with Crippen molar-refractivity contribution in [2.45, 2.75) is 58.9 Å². The predicted molar refractivity (Wildman–Crippen MR) is 117 cm³/mol. The van der Waals surface area contributed by atoms with Gasteiger partial charge in [0.1, 0.15) is 0 Å². The molecular weight excluding hydrogens is 348 g/mol. The maximum atomic E-state index is 11.9. The van der Waals surface area contributed by atoms with E-state index in [4.69, 9.17) is 0 Å². The van der Waals surface area contributed by atoms with Crippen molar-refractivity contribution >= 4 is 0 Å². The van der Waals surface area contributed by atoms with E-state index < -0.39 is 0 Å². The first-order valence-electron chi connectivity index (χ1n) is 10.7. The lowest BCUT2D eigenvalue weighted by Gasteiger charge is -2.31. The molecule has 154 valence electrons. The van der Waals surface area contributed by atoms with Crippen LogP contribution < -0.4 is 5.56 Å². The third-order valence-corrected chi connectivity index (χ3v) is 5.76. The lowest BCUT2D eigenvalue weighted by molar-refractivity contribution is 0.0970. The Balaban J connectivity index is 0.00000136. The largest absolute Gasteiger partial charge is 0.396 e. The van der Waals surface area contributed by atoms with Crippen molar-refractivity contribution in [1.29, 1.82) is 0 Å². The quantitative estimate of drug-likeness (QED) is 0.754. The minimum absolute atomic E-state index is 0.00254. The summed E-state index contributed by atoms with van der Waals surface area (Å²) < 4.78 is 0. The minimum Gasteiger partial charge on any atom is -0.396 e. The smallest absolute Gasteiger partial charge is 0.252 e. The van der Waals surface area contributed by atoms with Crippen LogP contribution in [0.1, 0.15) is 57.9 Å². The van der Waals surface area contributed by atoms with Crippen molar-refractivity contribution in [1.82, 2.24) is 9.88 Å². The Hall–Kier alpha value is -1.91. The number of aliphatic hydroxyl groups excluding tert-OH is 1. The summed E-state index contributed by atoms with van der Waals surface area (Å²) in [5, 5.41) is 10.1. The Morgan fingerprint density at radius 3 is 2.86 bits per heavy atom. The lowest BCUT2D eigenvalue weighted by Crippen LogP contribution is -2.30. The maximum Gasteiger partial charge on any atom is 0.252 e. The van der Waals surface area contributed by atoms with Gasteiger partial charge < -0.3 is 10.1 Å². The number of likely N-dealkylation sites (tertiary alicyclic amines) is 1. The average Bonchev–Trinajstić information content (AvgIpc) is 3.11. The van der Waals surface area contributed by atoms with Gasteiger partial charge in [-0.2, -0.15) is 0 Å². The number of aromatic amines is 1. The first-order valence-corrected chi connectivity index (χ1v) is 10.7. The molecule has 1 aromatic heterocycles. The van der Waals surface area contributed by atoms with Crippen LogP contribution in [0.15, 0.2) is 59.1 Å². The first kappa shape index (κ1) is 22.4. The number of allylic oxidation sites excluding steroid dienone is 6. The van der Waals surface area contributed by atoms with E-state index in [1.807, 2.05) is 26.0 Å². The van der Waals surface area contributed by atoms with Crippen LogP contribution in [0.4, 0.5) is 0 Å². The van der Waals surface area contributed by atoms with E-state index in [-0.39, 0.29) is 17.6 Å². The highest BCUT2D eigenvalue weighted by Gasteiger charge is 2.32. The molecule has 4 nitrogen and oxygen atoms in total. The summed E-state index contributed by atoms with van der Waals surface area (Å²) in [7, 11) is 0. The number of nitrogens with one attached hydrogen (secondary N) is 1. The zero-order chi connectivity index (χ0) is 20.2. The number of aliphatic hydroxyl groups is 1. The Bertz CT molecular complexity index is 732. The highest BCUT2D eigenvalue weighted by molar-refractivity contribution is 5.27. The molecule has 2 aliphatic rings. The highest BCUT2D eigenvalue weighted by Crippen LogP contribution is 2.37. The van der Waals surface area contributed by atoms with Crippen LogP contribution in [-0.2, 0) is 6.54 Å². The minimum atomic E-state index is 0.00254. The molecule has 0 aromatic carbocycles. The van der Waals surface area contributed by atoms with E-state index in [1.165, 1.54) is 5.57 Å². The molecular formula is C24H36N2O2. The van der Waals surface area contributed by atoms with Crippen molar-refractivity contribution in [2.24, 2.45) is 5.41 Å². The van der Waals surface area contributed by atoms with Gasteiger partial charge in [-0.3, -0.25) is 9.69 Å². The van der Waals surface area contributed by atoms with Crippen LogP contribution in [0, 0.1) is 5.41 Å². The molecule has 0 radical (unpaired) electrons. The van der Waals surface area contributed by atoms with Crippen LogP contribution in [-0.4, -0.2) is 34.7 Å². The van der Waals surface area contributed by atoms with Gasteiger partial charge in [0.25, 0.3) is 5.56 Å².